The van der Waals surface area contributed by atoms with E-state index in [0.29, 0.717) is 12.3 Å². The van der Waals surface area contributed by atoms with E-state index in [1.807, 2.05) is 31.2 Å². The number of benzene rings is 1. The number of pyridine rings is 1. The lowest BCUT2D eigenvalue weighted by Crippen LogP contribution is -2.03. The number of carboxylic acids is 1. The van der Waals surface area contributed by atoms with Crippen molar-refractivity contribution < 1.29 is 14.6 Å². The monoisotopic (exact) mass is 272 g/mol. The van der Waals surface area contributed by atoms with Gasteiger partial charge in [-0.1, -0.05) is 6.92 Å². The number of aromatic carboxylic acids is 1. The van der Waals surface area contributed by atoms with E-state index in [-0.39, 0.29) is 5.56 Å². The molecule has 0 spiro atoms. The summed E-state index contributed by atoms with van der Waals surface area (Å²) in [6.45, 7) is 2.73. The predicted molar refractivity (Wildman–Crippen MR) is 76.7 cm³/mol. The molecule has 2 N–H and O–H groups in total. The molecule has 0 unspecified atom stereocenters. The molecule has 20 heavy (non-hydrogen) atoms. The predicted octanol–water partition coefficient (Wildman–Crippen LogP) is 3.31. The minimum Gasteiger partial charge on any atom is -0.494 e. The minimum atomic E-state index is -1.01. The summed E-state index contributed by atoms with van der Waals surface area (Å²) in [5, 5.41) is 12.1. The van der Waals surface area contributed by atoms with E-state index in [1.165, 1.54) is 6.20 Å². The third kappa shape index (κ3) is 3.47. The van der Waals surface area contributed by atoms with Crippen LogP contribution in [0.1, 0.15) is 23.7 Å². The highest BCUT2D eigenvalue weighted by atomic mass is 16.5. The van der Waals surface area contributed by atoms with Crippen LogP contribution in [0.3, 0.4) is 0 Å². The molecule has 104 valence electrons. The Kier molecular flexibility index (Phi) is 4.55. The number of carbonyl (C=O) groups is 1. The summed E-state index contributed by atoms with van der Waals surface area (Å²) in [7, 11) is 0. The minimum absolute atomic E-state index is 0.138. The first-order valence-electron chi connectivity index (χ1n) is 6.38. The van der Waals surface area contributed by atoms with Crippen molar-refractivity contribution in [3.05, 3.63) is 48.3 Å². The maximum atomic E-state index is 11.1. The van der Waals surface area contributed by atoms with Gasteiger partial charge in [-0.2, -0.15) is 0 Å². The fraction of sp³-hybridized carbons (Fsp3) is 0.200. The van der Waals surface area contributed by atoms with Gasteiger partial charge < -0.3 is 15.2 Å². The molecule has 0 atom stereocenters. The standard InChI is InChI=1S/C15H16N2O3/c1-2-9-20-12-5-3-11(4-6-12)17-14-7-8-16-10-13(14)15(18)19/h3-8,10H,2,9H2,1H3,(H,16,17)(H,18,19). The van der Waals surface area contributed by atoms with E-state index in [0.717, 1.165) is 17.9 Å². The molecule has 0 saturated heterocycles. The Morgan fingerprint density at radius 2 is 2.05 bits per heavy atom. The van der Waals surface area contributed by atoms with Crippen LogP contribution in [0.4, 0.5) is 11.4 Å². The van der Waals surface area contributed by atoms with Crippen molar-refractivity contribution in [1.82, 2.24) is 4.98 Å². The smallest absolute Gasteiger partial charge is 0.339 e. The molecule has 0 aliphatic carbocycles. The maximum Gasteiger partial charge on any atom is 0.339 e. The molecule has 0 aliphatic heterocycles. The second-order valence-corrected chi connectivity index (χ2v) is 4.22. The van der Waals surface area contributed by atoms with Gasteiger partial charge in [0.05, 0.1) is 12.3 Å². The second kappa shape index (κ2) is 6.56. The molecule has 2 rings (SSSR count). The first-order chi connectivity index (χ1) is 9.70. The summed E-state index contributed by atoms with van der Waals surface area (Å²) in [6.07, 6.45) is 3.83. The quantitative estimate of drug-likeness (QED) is 0.844. The van der Waals surface area contributed by atoms with Gasteiger partial charge in [0.2, 0.25) is 0 Å². The van der Waals surface area contributed by atoms with Crippen LogP contribution in [0, 0.1) is 0 Å². The number of carboxylic acid groups (broad SMARTS) is 1. The zero-order valence-electron chi connectivity index (χ0n) is 11.2. The van der Waals surface area contributed by atoms with E-state index in [9.17, 15) is 4.79 Å². The van der Waals surface area contributed by atoms with Crippen molar-refractivity contribution >= 4 is 17.3 Å². The molecule has 0 aliphatic rings. The molecule has 0 bridgehead atoms. The highest BCUT2D eigenvalue weighted by molar-refractivity contribution is 5.94. The summed E-state index contributed by atoms with van der Waals surface area (Å²) in [5.74, 6) is -0.214. The first kappa shape index (κ1) is 13.9. The summed E-state index contributed by atoms with van der Waals surface area (Å²) in [5.41, 5.74) is 1.44. The molecule has 5 heteroatoms. The van der Waals surface area contributed by atoms with Crippen molar-refractivity contribution in [1.29, 1.82) is 0 Å². The Bertz CT molecular complexity index is 582. The fourth-order valence-electron chi connectivity index (χ4n) is 1.68. The number of nitrogens with one attached hydrogen (secondary N) is 1. The van der Waals surface area contributed by atoms with Crippen LogP contribution in [0.2, 0.25) is 0 Å². The van der Waals surface area contributed by atoms with Crippen molar-refractivity contribution in [2.45, 2.75) is 13.3 Å². The van der Waals surface area contributed by atoms with E-state index < -0.39 is 5.97 Å². The Morgan fingerprint density at radius 1 is 1.30 bits per heavy atom. The highest BCUT2D eigenvalue weighted by Crippen LogP contribution is 2.22. The fourth-order valence-corrected chi connectivity index (χ4v) is 1.68. The number of ether oxygens (including phenoxy) is 1. The summed E-state index contributed by atoms with van der Waals surface area (Å²) >= 11 is 0. The van der Waals surface area contributed by atoms with Gasteiger partial charge >= 0.3 is 5.97 Å². The van der Waals surface area contributed by atoms with Gasteiger partial charge in [0, 0.05) is 18.1 Å². The number of hydrogen-bond donors (Lipinski definition) is 2. The number of rotatable bonds is 6. The average molecular weight is 272 g/mol. The Morgan fingerprint density at radius 3 is 2.70 bits per heavy atom. The van der Waals surface area contributed by atoms with Crippen LogP contribution in [0.5, 0.6) is 5.75 Å². The molecule has 0 radical (unpaired) electrons. The molecule has 0 fully saturated rings. The van der Waals surface area contributed by atoms with Gasteiger partial charge in [-0.25, -0.2) is 4.79 Å². The average Bonchev–Trinajstić information content (AvgIpc) is 2.47. The van der Waals surface area contributed by atoms with E-state index >= 15 is 0 Å². The van der Waals surface area contributed by atoms with Gasteiger partial charge in [-0.3, -0.25) is 4.98 Å². The SMILES string of the molecule is CCCOc1ccc(Nc2ccncc2C(=O)O)cc1. The maximum absolute atomic E-state index is 11.1. The van der Waals surface area contributed by atoms with Crippen LogP contribution >= 0.6 is 0 Å². The zero-order chi connectivity index (χ0) is 14.4. The van der Waals surface area contributed by atoms with Crippen molar-refractivity contribution in [3.63, 3.8) is 0 Å². The highest BCUT2D eigenvalue weighted by Gasteiger charge is 2.09. The molecular weight excluding hydrogens is 256 g/mol. The van der Waals surface area contributed by atoms with Crippen LogP contribution in [-0.2, 0) is 0 Å². The van der Waals surface area contributed by atoms with E-state index in [4.69, 9.17) is 9.84 Å². The largest absolute Gasteiger partial charge is 0.494 e. The summed E-state index contributed by atoms with van der Waals surface area (Å²) in [4.78, 5) is 14.9. The Labute approximate surface area is 117 Å². The van der Waals surface area contributed by atoms with Gasteiger partial charge in [-0.15, -0.1) is 0 Å². The molecule has 1 aromatic carbocycles. The summed E-state index contributed by atoms with van der Waals surface area (Å²) < 4.78 is 5.49. The lowest BCUT2D eigenvalue weighted by atomic mass is 10.2. The Hall–Kier alpha value is -2.56. The molecule has 0 amide bonds. The van der Waals surface area contributed by atoms with E-state index in [2.05, 4.69) is 10.3 Å². The van der Waals surface area contributed by atoms with Gasteiger partial charge in [0.25, 0.3) is 0 Å². The van der Waals surface area contributed by atoms with Crippen LogP contribution in [-0.4, -0.2) is 22.7 Å². The summed E-state index contributed by atoms with van der Waals surface area (Å²) in [6, 6.07) is 9.01. The Balaban J connectivity index is 2.12. The molecule has 1 heterocycles. The van der Waals surface area contributed by atoms with Crippen LogP contribution < -0.4 is 10.1 Å². The normalized spacial score (nSPS) is 10.1. The first-order valence-corrected chi connectivity index (χ1v) is 6.38. The molecule has 1 aromatic heterocycles. The van der Waals surface area contributed by atoms with Gasteiger partial charge in [0.1, 0.15) is 11.3 Å². The molecular formula is C15H16N2O3. The number of nitrogens with zero attached hydrogens (tertiary/aromatic N) is 1. The lowest BCUT2D eigenvalue weighted by Gasteiger charge is -2.10. The third-order valence-corrected chi connectivity index (χ3v) is 2.66. The lowest BCUT2D eigenvalue weighted by molar-refractivity contribution is 0.0697. The van der Waals surface area contributed by atoms with Crippen LogP contribution in [0.15, 0.2) is 42.7 Å². The molecule has 0 saturated carbocycles. The number of aromatic nitrogens is 1. The molecule has 5 nitrogen and oxygen atoms in total. The number of anilines is 2. The van der Waals surface area contributed by atoms with Gasteiger partial charge in [-0.05, 0) is 36.8 Å². The molecule has 2 aromatic rings. The van der Waals surface area contributed by atoms with Crippen molar-refractivity contribution in [3.8, 4) is 5.75 Å². The van der Waals surface area contributed by atoms with Crippen molar-refractivity contribution in [2.24, 2.45) is 0 Å². The van der Waals surface area contributed by atoms with Crippen molar-refractivity contribution in [2.75, 3.05) is 11.9 Å². The zero-order valence-corrected chi connectivity index (χ0v) is 11.2. The van der Waals surface area contributed by atoms with Gasteiger partial charge in [0.15, 0.2) is 0 Å². The third-order valence-electron chi connectivity index (χ3n) is 2.66. The topological polar surface area (TPSA) is 71.5 Å². The number of hydrogen-bond acceptors (Lipinski definition) is 4. The second-order valence-electron chi connectivity index (χ2n) is 4.22. The van der Waals surface area contributed by atoms with E-state index in [1.54, 1.807) is 12.3 Å². The van der Waals surface area contributed by atoms with Crippen LogP contribution in [0.25, 0.3) is 0 Å².